The predicted molar refractivity (Wildman–Crippen MR) is 119 cm³/mol. The van der Waals surface area contributed by atoms with Crippen molar-refractivity contribution in [2.45, 2.75) is 61.1 Å². The molecular weight excluding hydrogens is 380 g/mol. The van der Waals surface area contributed by atoms with E-state index < -0.39 is 0 Å². The van der Waals surface area contributed by atoms with E-state index in [1.165, 1.54) is 12.0 Å². The average molecular weight is 417 g/mol. The molecule has 3 heteroatoms. The molecule has 2 rings (SSSR count). The van der Waals surface area contributed by atoms with Crippen LogP contribution in [0.25, 0.3) is 0 Å². The molecule has 0 spiro atoms. The van der Waals surface area contributed by atoms with Crippen LogP contribution < -0.4 is 4.74 Å². The molecule has 146 valence electrons. The molecule has 0 fully saturated rings. The van der Waals surface area contributed by atoms with E-state index in [9.17, 15) is 0 Å². The molecule has 0 aromatic heterocycles. The van der Waals surface area contributed by atoms with Crippen molar-refractivity contribution in [2.24, 2.45) is 5.41 Å². The van der Waals surface area contributed by atoms with Gasteiger partial charge in [-0.1, -0.05) is 29.8 Å². The molecule has 0 radical (unpaired) electrons. The number of hydrogen-bond acceptors (Lipinski definition) is 1. The molecule has 0 heterocycles. The summed E-state index contributed by atoms with van der Waals surface area (Å²) < 4.78 is 7.26. The Kier molecular flexibility index (Phi) is 10.4. The van der Waals surface area contributed by atoms with E-state index in [2.05, 4.69) is 65.9 Å². The Morgan fingerprint density at radius 1 is 1.07 bits per heavy atom. The first-order valence-electron chi connectivity index (χ1n) is 9.79. The molecule has 0 bridgehead atoms. The molecule has 1 aromatic carbocycles. The van der Waals surface area contributed by atoms with Gasteiger partial charge < -0.3 is 4.74 Å². The van der Waals surface area contributed by atoms with Gasteiger partial charge in [0.2, 0.25) is 0 Å². The molecule has 27 heavy (non-hydrogen) atoms. The second kappa shape index (κ2) is 11.7. The summed E-state index contributed by atoms with van der Waals surface area (Å²) in [6.45, 7) is 17.8. The average Bonchev–Trinajstić information content (AvgIpc) is 3.02. The van der Waals surface area contributed by atoms with Crippen LogP contribution in [0.4, 0.5) is 0 Å². The van der Waals surface area contributed by atoms with E-state index in [0.717, 1.165) is 11.3 Å². The summed E-state index contributed by atoms with van der Waals surface area (Å²) in [5.41, 5.74) is 4.33. The fraction of sp³-hybridized carbons (Fsp3) is 0.417. The Bertz CT molecular complexity index is 700. The maximum absolute atomic E-state index is 5.46. The molecule has 0 aliphatic heterocycles. The fourth-order valence-corrected chi connectivity index (χ4v) is 8.43. The van der Waals surface area contributed by atoms with Crippen LogP contribution in [0.2, 0.25) is 13.1 Å². The van der Waals surface area contributed by atoms with Crippen LogP contribution in [0.5, 0.6) is 5.75 Å². The predicted octanol–water partition coefficient (Wildman–Crippen LogP) is 7.25. The van der Waals surface area contributed by atoms with Crippen molar-refractivity contribution in [3.05, 3.63) is 75.4 Å². The molecular formula is C24H36OSiTi. The first-order valence-corrected chi connectivity index (χ1v) is 16.2. The molecule has 1 nitrogen and oxygen atoms in total. The minimum atomic E-state index is -0.282. The minimum absolute atomic E-state index is 0.282. The molecule has 0 saturated carbocycles. The van der Waals surface area contributed by atoms with E-state index in [1.54, 1.807) is 15.7 Å². The Hall–Kier alpha value is -1.09. The van der Waals surface area contributed by atoms with Crippen LogP contribution >= 0.6 is 0 Å². The van der Waals surface area contributed by atoms with E-state index in [-0.39, 0.29) is 6.66 Å². The quantitative estimate of drug-likeness (QED) is 0.279. The SMILES string of the molecule is CC(C)=CC(C)=COc1ccccc1.C[SiH](C)[Ti][C]1=CC(C(C)(C)C)=CC1. The molecule has 0 unspecified atom stereocenters. The number of ether oxygens (including phenoxy) is 1. The zero-order chi connectivity index (χ0) is 20.4. The summed E-state index contributed by atoms with van der Waals surface area (Å²) in [5.74, 6) is 0.869. The molecule has 0 amide bonds. The van der Waals surface area contributed by atoms with Gasteiger partial charge in [0.15, 0.2) is 0 Å². The third-order valence-corrected chi connectivity index (χ3v) is 9.79. The number of benzene rings is 1. The van der Waals surface area contributed by atoms with Crippen LogP contribution in [-0.2, 0) is 18.4 Å². The Labute approximate surface area is 177 Å². The van der Waals surface area contributed by atoms with Gasteiger partial charge in [-0.05, 0) is 38.5 Å². The zero-order valence-corrected chi connectivity index (χ0v) is 21.1. The molecule has 1 aliphatic rings. The van der Waals surface area contributed by atoms with Crippen molar-refractivity contribution in [2.75, 3.05) is 0 Å². The number of rotatable bonds is 5. The normalized spacial score (nSPS) is 14.0. The van der Waals surface area contributed by atoms with Gasteiger partial charge in [0, 0.05) is 0 Å². The van der Waals surface area contributed by atoms with Crippen molar-refractivity contribution in [3.63, 3.8) is 0 Å². The Balaban J connectivity index is 0.000000271. The first-order chi connectivity index (χ1) is 12.6. The second-order valence-corrected chi connectivity index (χ2v) is 19.0. The van der Waals surface area contributed by atoms with E-state index >= 15 is 0 Å². The standard InChI is InChI=1S/C13H16O.C9H13.C2H7Si.Ti/c1-11(2)9-12(3)10-14-13-7-5-4-6-8-13;1-9(2,3)8-6-4-5-7-8;1-3-2;/h4-10H,1-3H3;6-7H,4H2,1-3H3;3H,1-2H3;. The van der Waals surface area contributed by atoms with E-state index in [0.29, 0.717) is 23.8 Å². The van der Waals surface area contributed by atoms with Gasteiger partial charge in [0.25, 0.3) is 0 Å². The maximum atomic E-state index is 5.46. The van der Waals surface area contributed by atoms with Gasteiger partial charge in [-0.3, -0.25) is 0 Å². The summed E-state index contributed by atoms with van der Waals surface area (Å²) in [6.07, 6.45) is 10.1. The van der Waals surface area contributed by atoms with Gasteiger partial charge in [0.05, 0.1) is 6.26 Å². The Morgan fingerprint density at radius 2 is 1.70 bits per heavy atom. The number of para-hydroxylation sites is 1. The molecule has 0 atom stereocenters. The van der Waals surface area contributed by atoms with Crippen molar-refractivity contribution in [1.82, 2.24) is 0 Å². The molecule has 0 N–H and O–H groups in total. The zero-order valence-electron chi connectivity index (χ0n) is 18.4. The molecule has 1 aromatic rings. The van der Waals surface area contributed by atoms with Crippen molar-refractivity contribution < 1.29 is 23.1 Å². The summed E-state index contributed by atoms with van der Waals surface area (Å²) in [4.78, 5) is 0. The van der Waals surface area contributed by atoms with Crippen LogP contribution in [0.15, 0.2) is 75.4 Å². The monoisotopic (exact) mass is 416 g/mol. The van der Waals surface area contributed by atoms with Crippen LogP contribution in [0, 0.1) is 5.41 Å². The summed E-state index contributed by atoms with van der Waals surface area (Å²) in [5, 5.41) is 0. The van der Waals surface area contributed by atoms with Crippen molar-refractivity contribution >= 4 is 6.66 Å². The van der Waals surface area contributed by atoms with Crippen LogP contribution in [0.1, 0.15) is 48.0 Å². The van der Waals surface area contributed by atoms with Crippen molar-refractivity contribution in [3.8, 4) is 5.75 Å². The Morgan fingerprint density at radius 3 is 2.19 bits per heavy atom. The number of allylic oxidation sites excluding steroid dienone is 7. The molecule has 0 saturated heterocycles. The van der Waals surface area contributed by atoms with Crippen molar-refractivity contribution in [1.29, 1.82) is 0 Å². The van der Waals surface area contributed by atoms with Crippen LogP contribution in [0.3, 0.4) is 0 Å². The first kappa shape index (κ1) is 23.9. The topological polar surface area (TPSA) is 9.23 Å². The van der Waals surface area contributed by atoms with E-state index in [1.807, 2.05) is 37.3 Å². The van der Waals surface area contributed by atoms with Gasteiger partial charge in [-0.25, -0.2) is 0 Å². The third kappa shape index (κ3) is 10.7. The number of hydrogen-bond donors (Lipinski definition) is 0. The summed E-state index contributed by atoms with van der Waals surface area (Å²) in [7, 11) is 0. The van der Waals surface area contributed by atoms with Gasteiger partial charge in [-0.15, -0.1) is 0 Å². The summed E-state index contributed by atoms with van der Waals surface area (Å²) >= 11 is 0.302. The van der Waals surface area contributed by atoms with Gasteiger partial charge in [-0.2, -0.15) is 0 Å². The second-order valence-electron chi connectivity index (χ2n) is 8.60. The van der Waals surface area contributed by atoms with Crippen LogP contribution in [-0.4, -0.2) is 6.66 Å². The molecule has 1 aliphatic carbocycles. The van der Waals surface area contributed by atoms with E-state index in [4.69, 9.17) is 4.74 Å². The fourth-order valence-electron chi connectivity index (χ4n) is 2.67. The summed E-state index contributed by atoms with van der Waals surface area (Å²) in [6, 6.07) is 9.76. The third-order valence-electron chi connectivity index (χ3n) is 3.85. The van der Waals surface area contributed by atoms with Gasteiger partial charge >= 0.3 is 92.4 Å². The van der Waals surface area contributed by atoms with Gasteiger partial charge in [0.1, 0.15) is 5.75 Å².